The number of hydrogen-bond acceptors (Lipinski definition) is 7. The van der Waals surface area contributed by atoms with Gasteiger partial charge in [0.15, 0.2) is 0 Å². The van der Waals surface area contributed by atoms with Crippen molar-refractivity contribution in [1.82, 2.24) is 15.0 Å². The molecule has 1 saturated heterocycles. The molecule has 1 fully saturated rings. The lowest BCUT2D eigenvalue weighted by atomic mass is 10.1. The third-order valence-corrected chi connectivity index (χ3v) is 5.98. The number of pyridine rings is 1. The highest BCUT2D eigenvalue weighted by atomic mass is 16.4. The van der Waals surface area contributed by atoms with Crippen LogP contribution in [0.25, 0.3) is 10.9 Å². The van der Waals surface area contributed by atoms with Gasteiger partial charge in [0.05, 0.1) is 11.1 Å². The maximum absolute atomic E-state index is 12.9. The van der Waals surface area contributed by atoms with Crippen LogP contribution < -0.4 is 15.5 Å². The normalized spacial score (nSPS) is 13.1. The quantitative estimate of drug-likeness (QED) is 0.369. The molecule has 0 unspecified atom stereocenters. The number of aromatic carboxylic acids is 1. The first-order valence-electron chi connectivity index (χ1n) is 11.4. The molecule has 0 spiro atoms. The SMILES string of the molecule is O=C(Nc1cccc(CNc2ncnc3c(C(=O)O)cccc23)c1)c1ccnc(N2CCCC2)c1. The van der Waals surface area contributed by atoms with Crippen LogP contribution in [0.5, 0.6) is 0 Å². The highest BCUT2D eigenvalue weighted by Crippen LogP contribution is 2.24. The van der Waals surface area contributed by atoms with Gasteiger partial charge in [-0.25, -0.2) is 19.7 Å². The topological polar surface area (TPSA) is 120 Å². The summed E-state index contributed by atoms with van der Waals surface area (Å²) in [6, 6.07) is 16.1. The van der Waals surface area contributed by atoms with Gasteiger partial charge in [0.1, 0.15) is 18.0 Å². The standard InChI is InChI=1S/C26H24N6O3/c33-25(18-9-10-27-22(14-18)32-11-1-2-12-32)31-19-6-3-5-17(13-19)15-28-24-20-7-4-8-21(26(34)35)23(20)29-16-30-24/h3-10,13-14,16H,1-2,11-12,15H2,(H,31,33)(H,34,35)(H,28,29,30). The summed E-state index contributed by atoms with van der Waals surface area (Å²) >= 11 is 0. The Morgan fingerprint density at radius 3 is 2.63 bits per heavy atom. The van der Waals surface area contributed by atoms with Gasteiger partial charge in [-0.3, -0.25) is 4.79 Å². The summed E-state index contributed by atoms with van der Waals surface area (Å²) in [5, 5.41) is 16.3. The fourth-order valence-corrected chi connectivity index (χ4v) is 4.23. The van der Waals surface area contributed by atoms with Gasteiger partial charge in [-0.05, 0) is 54.8 Å². The van der Waals surface area contributed by atoms with Gasteiger partial charge in [0.25, 0.3) is 5.91 Å². The Hall–Kier alpha value is -4.53. The van der Waals surface area contributed by atoms with Crippen molar-refractivity contribution in [3.63, 3.8) is 0 Å². The van der Waals surface area contributed by atoms with Crippen LogP contribution in [-0.4, -0.2) is 45.0 Å². The number of anilines is 3. The van der Waals surface area contributed by atoms with E-state index in [2.05, 4.69) is 30.5 Å². The van der Waals surface area contributed by atoms with Gasteiger partial charge in [-0.2, -0.15) is 0 Å². The zero-order valence-corrected chi connectivity index (χ0v) is 18.9. The van der Waals surface area contributed by atoms with E-state index in [4.69, 9.17) is 0 Å². The molecule has 3 N–H and O–H groups in total. The fraction of sp³-hybridized carbons (Fsp3) is 0.192. The Labute approximate surface area is 201 Å². The maximum atomic E-state index is 12.9. The number of aromatic nitrogens is 3. The number of nitrogens with zero attached hydrogens (tertiary/aromatic N) is 4. The molecular weight excluding hydrogens is 444 g/mol. The molecule has 5 rings (SSSR count). The number of rotatable bonds is 7. The molecule has 3 heterocycles. The molecule has 0 bridgehead atoms. The molecule has 4 aromatic rings. The van der Waals surface area contributed by atoms with E-state index in [0.717, 1.165) is 37.3 Å². The number of fused-ring (bicyclic) bond motifs is 1. The lowest BCUT2D eigenvalue weighted by Gasteiger charge is -2.16. The van der Waals surface area contributed by atoms with Gasteiger partial charge >= 0.3 is 5.97 Å². The first-order chi connectivity index (χ1) is 17.1. The minimum Gasteiger partial charge on any atom is -0.478 e. The van der Waals surface area contributed by atoms with Gasteiger partial charge in [-0.15, -0.1) is 0 Å². The molecule has 0 radical (unpaired) electrons. The van der Waals surface area contributed by atoms with Crippen LogP contribution in [0.3, 0.4) is 0 Å². The predicted molar refractivity (Wildman–Crippen MR) is 134 cm³/mol. The average molecular weight is 469 g/mol. The van der Waals surface area contributed by atoms with Gasteiger partial charge in [-0.1, -0.05) is 18.2 Å². The van der Waals surface area contributed by atoms with Crippen molar-refractivity contribution >= 4 is 40.1 Å². The Bertz CT molecular complexity index is 1400. The summed E-state index contributed by atoms with van der Waals surface area (Å²) in [7, 11) is 0. The second kappa shape index (κ2) is 9.76. The molecule has 1 amide bonds. The van der Waals surface area contributed by atoms with Crippen LogP contribution >= 0.6 is 0 Å². The zero-order valence-electron chi connectivity index (χ0n) is 18.9. The number of carbonyl (C=O) groups excluding carboxylic acids is 1. The van der Waals surface area contributed by atoms with Crippen LogP contribution in [0.15, 0.2) is 67.1 Å². The molecular formula is C26H24N6O3. The van der Waals surface area contributed by atoms with E-state index in [1.807, 2.05) is 30.3 Å². The molecule has 35 heavy (non-hydrogen) atoms. The van der Waals surface area contributed by atoms with Gasteiger partial charge < -0.3 is 20.6 Å². The highest BCUT2D eigenvalue weighted by Gasteiger charge is 2.16. The van der Waals surface area contributed by atoms with Crippen molar-refractivity contribution in [2.24, 2.45) is 0 Å². The largest absolute Gasteiger partial charge is 0.478 e. The number of benzene rings is 2. The number of amides is 1. The summed E-state index contributed by atoms with van der Waals surface area (Å²) in [6.45, 7) is 2.36. The van der Waals surface area contributed by atoms with Crippen LogP contribution in [0, 0.1) is 0 Å². The molecule has 2 aromatic carbocycles. The van der Waals surface area contributed by atoms with E-state index < -0.39 is 5.97 Å². The minimum absolute atomic E-state index is 0.127. The van der Waals surface area contributed by atoms with E-state index in [0.29, 0.717) is 34.5 Å². The second-order valence-corrected chi connectivity index (χ2v) is 8.33. The first-order valence-corrected chi connectivity index (χ1v) is 11.4. The first kappa shape index (κ1) is 22.3. The van der Waals surface area contributed by atoms with Crippen molar-refractivity contribution in [1.29, 1.82) is 0 Å². The Morgan fingerprint density at radius 2 is 1.80 bits per heavy atom. The van der Waals surface area contributed by atoms with Crippen LogP contribution in [0.4, 0.5) is 17.3 Å². The number of carboxylic acids is 1. The number of carbonyl (C=O) groups is 2. The average Bonchev–Trinajstić information content (AvgIpc) is 3.42. The van der Waals surface area contributed by atoms with Crippen LogP contribution in [-0.2, 0) is 6.54 Å². The smallest absolute Gasteiger partial charge is 0.337 e. The predicted octanol–water partition coefficient (Wildman–Crippen LogP) is 4.19. The molecule has 0 aliphatic carbocycles. The minimum atomic E-state index is -1.04. The molecule has 9 heteroatoms. The van der Waals surface area contributed by atoms with E-state index in [-0.39, 0.29) is 11.5 Å². The molecule has 176 valence electrons. The molecule has 0 atom stereocenters. The third-order valence-electron chi connectivity index (χ3n) is 5.98. The zero-order chi connectivity index (χ0) is 24.2. The molecule has 2 aromatic heterocycles. The lowest BCUT2D eigenvalue weighted by Crippen LogP contribution is -2.20. The molecule has 0 saturated carbocycles. The van der Waals surface area contributed by atoms with E-state index in [9.17, 15) is 14.7 Å². The third kappa shape index (κ3) is 4.89. The number of para-hydroxylation sites is 1. The molecule has 1 aliphatic heterocycles. The number of carboxylic acid groups (broad SMARTS) is 1. The fourth-order valence-electron chi connectivity index (χ4n) is 4.23. The van der Waals surface area contributed by atoms with Crippen molar-refractivity contribution in [2.45, 2.75) is 19.4 Å². The molecule has 9 nitrogen and oxygen atoms in total. The summed E-state index contributed by atoms with van der Waals surface area (Å²) in [6.07, 6.45) is 5.30. The Morgan fingerprint density at radius 1 is 0.971 bits per heavy atom. The van der Waals surface area contributed by atoms with Crippen molar-refractivity contribution in [2.75, 3.05) is 28.6 Å². The van der Waals surface area contributed by atoms with Crippen molar-refractivity contribution in [3.8, 4) is 0 Å². The van der Waals surface area contributed by atoms with E-state index in [1.54, 1.807) is 24.4 Å². The summed E-state index contributed by atoms with van der Waals surface area (Å²) < 4.78 is 0. The Kier molecular flexibility index (Phi) is 6.21. The van der Waals surface area contributed by atoms with Crippen LogP contribution in [0.2, 0.25) is 0 Å². The van der Waals surface area contributed by atoms with Crippen molar-refractivity contribution < 1.29 is 14.7 Å². The summed E-state index contributed by atoms with van der Waals surface area (Å²) in [5.41, 5.74) is 2.67. The van der Waals surface area contributed by atoms with Gasteiger partial charge in [0, 0.05) is 42.5 Å². The monoisotopic (exact) mass is 468 g/mol. The van der Waals surface area contributed by atoms with E-state index in [1.165, 1.54) is 12.4 Å². The lowest BCUT2D eigenvalue weighted by molar-refractivity contribution is 0.0698. The Balaban J connectivity index is 1.29. The number of hydrogen-bond donors (Lipinski definition) is 3. The molecule has 1 aliphatic rings. The van der Waals surface area contributed by atoms with E-state index >= 15 is 0 Å². The van der Waals surface area contributed by atoms with Gasteiger partial charge in [0.2, 0.25) is 0 Å². The maximum Gasteiger partial charge on any atom is 0.337 e. The number of nitrogens with one attached hydrogen (secondary N) is 2. The van der Waals surface area contributed by atoms with Crippen LogP contribution in [0.1, 0.15) is 39.1 Å². The summed E-state index contributed by atoms with van der Waals surface area (Å²) in [4.78, 5) is 39.4. The van der Waals surface area contributed by atoms with Crippen molar-refractivity contribution in [3.05, 3.63) is 83.8 Å². The second-order valence-electron chi connectivity index (χ2n) is 8.33. The highest BCUT2D eigenvalue weighted by molar-refractivity contribution is 6.05. The summed E-state index contributed by atoms with van der Waals surface area (Å²) in [5.74, 6) is 0.140.